The predicted octanol–water partition coefficient (Wildman–Crippen LogP) is 6.19. The molecule has 250 valence electrons. The molecule has 0 radical (unpaired) electrons. The lowest BCUT2D eigenvalue weighted by molar-refractivity contribution is -0.118. The monoisotopic (exact) mass is 650 g/mol. The van der Waals surface area contributed by atoms with Crippen LogP contribution in [0.15, 0.2) is 109 Å². The van der Waals surface area contributed by atoms with E-state index >= 15 is 0 Å². The third kappa shape index (κ3) is 9.43. The maximum absolute atomic E-state index is 13.9. The van der Waals surface area contributed by atoms with E-state index in [1.54, 1.807) is 0 Å². The molecule has 4 aromatic carbocycles. The number of anilines is 2. The first-order valence-corrected chi connectivity index (χ1v) is 16.2. The number of carboxylic acid groups (broad SMARTS) is 1. The van der Waals surface area contributed by atoms with Crippen LogP contribution in [0.4, 0.5) is 21.0 Å². The molecule has 0 spiro atoms. The second-order valence-corrected chi connectivity index (χ2v) is 11.8. The summed E-state index contributed by atoms with van der Waals surface area (Å²) in [5.41, 5.74) is 5.01. The molecule has 1 aliphatic rings. The first-order valence-electron chi connectivity index (χ1n) is 16.2. The Labute approximate surface area is 280 Å². The van der Waals surface area contributed by atoms with E-state index in [9.17, 15) is 19.5 Å². The van der Waals surface area contributed by atoms with Crippen LogP contribution in [-0.2, 0) is 27.1 Å². The summed E-state index contributed by atoms with van der Waals surface area (Å²) < 4.78 is 11.0. The number of methoxy groups -OCH3 is 1. The second-order valence-electron chi connectivity index (χ2n) is 11.8. The minimum absolute atomic E-state index is 0.000234. The first-order chi connectivity index (χ1) is 23.4. The van der Waals surface area contributed by atoms with Crippen LogP contribution < -0.4 is 21.3 Å². The number of carbonyl (C=O) groups excluding carboxylic acids is 2. The van der Waals surface area contributed by atoms with Gasteiger partial charge < -0.3 is 30.5 Å². The van der Waals surface area contributed by atoms with Gasteiger partial charge in [-0.3, -0.25) is 10.1 Å². The molecular formula is C38H42N4O6. The molecule has 0 saturated carbocycles. The lowest BCUT2D eigenvalue weighted by atomic mass is 9.84. The summed E-state index contributed by atoms with van der Waals surface area (Å²) in [6, 6.07) is 33.3. The van der Waals surface area contributed by atoms with Crippen molar-refractivity contribution in [1.29, 1.82) is 0 Å². The third-order valence-electron chi connectivity index (χ3n) is 8.59. The van der Waals surface area contributed by atoms with Gasteiger partial charge >= 0.3 is 12.2 Å². The largest absolute Gasteiger partial charge is 0.465 e. The van der Waals surface area contributed by atoms with Crippen LogP contribution in [0.25, 0.3) is 0 Å². The van der Waals surface area contributed by atoms with E-state index in [1.807, 2.05) is 109 Å². The number of carbonyl (C=O) groups is 3. The van der Waals surface area contributed by atoms with Crippen molar-refractivity contribution in [2.45, 2.75) is 49.8 Å². The maximum atomic E-state index is 13.9. The van der Waals surface area contributed by atoms with Crippen molar-refractivity contribution in [3.05, 3.63) is 131 Å². The molecule has 3 amide bonds. The van der Waals surface area contributed by atoms with Gasteiger partial charge in [-0.1, -0.05) is 97.1 Å². The van der Waals surface area contributed by atoms with Gasteiger partial charge in [-0.05, 0) is 60.1 Å². The minimum Gasteiger partial charge on any atom is -0.465 e. The van der Waals surface area contributed by atoms with Crippen LogP contribution in [0.2, 0.25) is 0 Å². The fourth-order valence-electron chi connectivity index (χ4n) is 6.11. The third-order valence-corrected chi connectivity index (χ3v) is 8.59. The number of benzene rings is 4. The van der Waals surface area contributed by atoms with Gasteiger partial charge in [-0.2, -0.15) is 0 Å². The molecule has 1 heterocycles. The molecule has 4 aromatic rings. The highest BCUT2D eigenvalue weighted by atomic mass is 16.5. The zero-order valence-electron chi connectivity index (χ0n) is 26.9. The number of nitrogens with one attached hydrogen (secondary N) is 4. The highest BCUT2D eigenvalue weighted by molar-refractivity contribution is 5.98. The smallest absolute Gasteiger partial charge is 0.411 e. The topological polar surface area (TPSA) is 138 Å². The number of hydrogen-bond acceptors (Lipinski definition) is 6. The quantitative estimate of drug-likeness (QED) is 0.116. The maximum Gasteiger partial charge on any atom is 0.411 e. The Morgan fingerprint density at radius 1 is 0.792 bits per heavy atom. The van der Waals surface area contributed by atoms with Crippen LogP contribution in [0.5, 0.6) is 0 Å². The molecule has 1 saturated heterocycles. The molecule has 3 atom stereocenters. The molecule has 5 N–H and O–H groups in total. The lowest BCUT2D eigenvalue weighted by Gasteiger charge is -2.31. The molecule has 5 rings (SSSR count). The fourth-order valence-corrected chi connectivity index (χ4v) is 6.11. The minimum atomic E-state index is -1.28. The number of ether oxygens (including phenoxy) is 2. The molecule has 0 aromatic heterocycles. The SMILES string of the molecule is COC(=O)Nc1ccccc1CC[C@@H]1CO[C@H](CCc2ccccc2NC(=O)[C@@H](NC(=O)O)C(c2ccccc2)c2ccccc2)CN1. The Morgan fingerprint density at radius 3 is 1.88 bits per heavy atom. The van der Waals surface area contributed by atoms with E-state index in [2.05, 4.69) is 21.3 Å². The highest BCUT2D eigenvalue weighted by Gasteiger charge is 2.33. The number of para-hydroxylation sites is 2. The van der Waals surface area contributed by atoms with Crippen LogP contribution >= 0.6 is 0 Å². The number of aryl methyl sites for hydroxylation is 2. The van der Waals surface area contributed by atoms with Gasteiger partial charge in [0, 0.05) is 29.9 Å². The van der Waals surface area contributed by atoms with Crippen LogP contribution in [0.3, 0.4) is 0 Å². The van der Waals surface area contributed by atoms with Crippen molar-refractivity contribution >= 4 is 29.5 Å². The van der Waals surface area contributed by atoms with Crippen LogP contribution in [0.1, 0.15) is 41.0 Å². The molecule has 10 heteroatoms. The Balaban J connectivity index is 1.19. The fraction of sp³-hybridized carbons (Fsp3) is 0.289. The molecule has 0 bridgehead atoms. The number of hydrogen-bond donors (Lipinski definition) is 5. The van der Waals surface area contributed by atoms with E-state index in [4.69, 9.17) is 9.47 Å². The van der Waals surface area contributed by atoms with Crippen molar-refractivity contribution in [2.75, 3.05) is 30.9 Å². The van der Waals surface area contributed by atoms with Gasteiger partial charge in [0.25, 0.3) is 0 Å². The Kier molecular flexibility index (Phi) is 12.2. The summed E-state index contributed by atoms with van der Waals surface area (Å²) in [5.74, 6) is -0.979. The Hall–Kier alpha value is -5.19. The first kappa shape index (κ1) is 34.2. The van der Waals surface area contributed by atoms with Gasteiger partial charge in [0.05, 0.1) is 19.8 Å². The van der Waals surface area contributed by atoms with E-state index in [0.29, 0.717) is 25.3 Å². The standard InChI is InChI=1S/C38H42N4O6/c1-47-38(46)41-33-19-11-9-12-26(33)20-22-30-25-48-31(24-39-30)23-21-27-13-8-10-18-32(27)40-36(43)35(42-37(44)45)34(28-14-4-2-5-15-28)29-16-6-3-7-17-29/h2-19,30-31,34-35,39,42H,20-25H2,1H3,(H,40,43)(H,41,46)(H,44,45)/t30-,31-,35+/m1/s1. The van der Waals surface area contributed by atoms with E-state index in [0.717, 1.165) is 47.2 Å². The van der Waals surface area contributed by atoms with Crippen molar-refractivity contribution in [3.8, 4) is 0 Å². The van der Waals surface area contributed by atoms with Gasteiger partial charge in [-0.15, -0.1) is 0 Å². The zero-order chi connectivity index (χ0) is 33.7. The van der Waals surface area contributed by atoms with E-state index in [-0.39, 0.29) is 12.1 Å². The number of rotatable bonds is 13. The number of amides is 3. The summed E-state index contributed by atoms with van der Waals surface area (Å²) in [6.07, 6.45) is 1.25. The molecular weight excluding hydrogens is 608 g/mol. The summed E-state index contributed by atoms with van der Waals surface area (Å²) >= 11 is 0. The van der Waals surface area contributed by atoms with Crippen molar-refractivity contribution in [1.82, 2.24) is 10.6 Å². The molecule has 10 nitrogen and oxygen atoms in total. The van der Waals surface area contributed by atoms with Gasteiger partial charge in [-0.25, -0.2) is 9.59 Å². The second kappa shape index (κ2) is 17.1. The van der Waals surface area contributed by atoms with E-state index in [1.165, 1.54) is 7.11 Å². The Bertz CT molecular complexity index is 1600. The molecule has 48 heavy (non-hydrogen) atoms. The summed E-state index contributed by atoms with van der Waals surface area (Å²) in [5, 5.41) is 21.6. The van der Waals surface area contributed by atoms with E-state index < -0.39 is 30.1 Å². The lowest BCUT2D eigenvalue weighted by Crippen LogP contribution is -2.47. The molecule has 0 unspecified atom stereocenters. The summed E-state index contributed by atoms with van der Waals surface area (Å²) in [4.78, 5) is 37.5. The van der Waals surface area contributed by atoms with Gasteiger partial charge in [0.2, 0.25) is 5.91 Å². The van der Waals surface area contributed by atoms with Crippen molar-refractivity contribution < 1.29 is 29.0 Å². The van der Waals surface area contributed by atoms with Crippen LogP contribution in [0, 0.1) is 0 Å². The molecule has 1 aliphatic heterocycles. The van der Waals surface area contributed by atoms with Crippen molar-refractivity contribution in [2.24, 2.45) is 0 Å². The highest BCUT2D eigenvalue weighted by Crippen LogP contribution is 2.30. The normalized spacial score (nSPS) is 16.5. The van der Waals surface area contributed by atoms with Gasteiger partial charge in [0.15, 0.2) is 0 Å². The number of morpholine rings is 1. The average Bonchev–Trinajstić information content (AvgIpc) is 3.11. The molecule has 0 aliphatic carbocycles. The zero-order valence-corrected chi connectivity index (χ0v) is 26.9. The van der Waals surface area contributed by atoms with Crippen molar-refractivity contribution in [3.63, 3.8) is 0 Å². The summed E-state index contributed by atoms with van der Waals surface area (Å²) in [6.45, 7) is 1.26. The average molecular weight is 651 g/mol. The van der Waals surface area contributed by atoms with Crippen LogP contribution in [-0.4, -0.2) is 61.6 Å². The summed E-state index contributed by atoms with van der Waals surface area (Å²) in [7, 11) is 1.34. The predicted molar refractivity (Wildman–Crippen MR) is 185 cm³/mol. The molecule has 1 fully saturated rings. The Morgan fingerprint density at radius 2 is 1.33 bits per heavy atom. The van der Waals surface area contributed by atoms with Gasteiger partial charge in [0.1, 0.15) is 6.04 Å².